The number of hydrogen-bond donors (Lipinski definition) is 1. The van der Waals surface area contributed by atoms with Crippen LogP contribution in [0.4, 0.5) is 5.69 Å². The molecule has 0 aliphatic carbocycles. The summed E-state index contributed by atoms with van der Waals surface area (Å²) in [4.78, 5) is 7.37. The lowest BCUT2D eigenvalue weighted by atomic mass is 10.0. The van der Waals surface area contributed by atoms with Crippen molar-refractivity contribution in [2.75, 3.05) is 32.1 Å². The molecule has 0 fully saturated rings. The number of fused-ring (bicyclic) bond motifs is 2. The summed E-state index contributed by atoms with van der Waals surface area (Å²) in [5.74, 6) is 0.859. The van der Waals surface area contributed by atoms with Crippen LogP contribution in [0.3, 0.4) is 0 Å². The second kappa shape index (κ2) is 10.7. The van der Waals surface area contributed by atoms with Crippen molar-refractivity contribution in [3.63, 3.8) is 0 Å². The Labute approximate surface area is 181 Å². The number of nitrogens with one attached hydrogen (secondary N) is 1. The van der Waals surface area contributed by atoms with E-state index in [4.69, 9.17) is 9.72 Å². The van der Waals surface area contributed by atoms with Gasteiger partial charge in [-0.15, -0.1) is 12.4 Å². The molecule has 1 atom stereocenters. The third kappa shape index (κ3) is 5.52. The highest BCUT2D eigenvalue weighted by Gasteiger charge is 2.13. The highest BCUT2D eigenvalue weighted by atomic mass is 35.5. The van der Waals surface area contributed by atoms with E-state index in [1.807, 2.05) is 12.1 Å². The average molecular weight is 416 g/mol. The first-order valence-corrected chi connectivity index (χ1v) is 10.4. The average Bonchev–Trinajstić information content (AvgIpc) is 2.70. The fourth-order valence-corrected chi connectivity index (χ4v) is 3.80. The van der Waals surface area contributed by atoms with Gasteiger partial charge in [0.15, 0.2) is 0 Å². The van der Waals surface area contributed by atoms with E-state index in [9.17, 15) is 0 Å². The van der Waals surface area contributed by atoms with Crippen LogP contribution in [0.1, 0.15) is 39.2 Å². The molecular formula is C24H34ClN3O. The molecule has 1 aromatic heterocycles. The fraction of sp³-hybridized carbons (Fsp3) is 0.458. The van der Waals surface area contributed by atoms with Gasteiger partial charge in [0.2, 0.25) is 0 Å². The first-order chi connectivity index (χ1) is 13.5. The SMILES string of the molecule is CCN(CC)CCCC(C)Nc1c2ccc(C)cc2nc2ccc(OC)cc12.Cl. The number of pyridine rings is 1. The zero-order chi connectivity index (χ0) is 20.1. The van der Waals surface area contributed by atoms with Crippen molar-refractivity contribution >= 4 is 39.9 Å². The van der Waals surface area contributed by atoms with Crippen LogP contribution < -0.4 is 10.1 Å². The second-order valence-electron chi connectivity index (χ2n) is 7.60. The highest BCUT2D eigenvalue weighted by molar-refractivity contribution is 6.08. The molecular weight excluding hydrogens is 382 g/mol. The van der Waals surface area contributed by atoms with Crippen LogP contribution in [0.2, 0.25) is 0 Å². The molecule has 0 aliphatic rings. The van der Waals surface area contributed by atoms with Gasteiger partial charge in [0.25, 0.3) is 0 Å². The maximum Gasteiger partial charge on any atom is 0.119 e. The molecule has 5 heteroatoms. The first-order valence-electron chi connectivity index (χ1n) is 10.4. The van der Waals surface area contributed by atoms with Gasteiger partial charge in [0, 0.05) is 16.8 Å². The van der Waals surface area contributed by atoms with E-state index in [-0.39, 0.29) is 12.4 Å². The molecule has 3 rings (SSSR count). The maximum atomic E-state index is 5.47. The third-order valence-corrected chi connectivity index (χ3v) is 5.53. The van der Waals surface area contributed by atoms with Crippen LogP contribution in [0.25, 0.3) is 21.8 Å². The zero-order valence-corrected chi connectivity index (χ0v) is 19.1. The molecule has 0 spiro atoms. The molecule has 4 nitrogen and oxygen atoms in total. The smallest absolute Gasteiger partial charge is 0.119 e. The van der Waals surface area contributed by atoms with Crippen molar-refractivity contribution in [3.05, 3.63) is 42.0 Å². The molecule has 1 heterocycles. The van der Waals surface area contributed by atoms with Crippen molar-refractivity contribution in [3.8, 4) is 5.75 Å². The number of hydrogen-bond acceptors (Lipinski definition) is 4. The number of ether oxygens (including phenoxy) is 1. The minimum absolute atomic E-state index is 0. The lowest BCUT2D eigenvalue weighted by molar-refractivity contribution is 0.295. The van der Waals surface area contributed by atoms with Crippen molar-refractivity contribution in [2.24, 2.45) is 0 Å². The van der Waals surface area contributed by atoms with Crippen molar-refractivity contribution in [2.45, 2.75) is 46.6 Å². The summed E-state index contributed by atoms with van der Waals surface area (Å²) >= 11 is 0. The predicted molar refractivity (Wildman–Crippen MR) is 128 cm³/mol. The molecule has 0 radical (unpaired) electrons. The van der Waals surface area contributed by atoms with Crippen LogP contribution in [-0.2, 0) is 0 Å². The van der Waals surface area contributed by atoms with Crippen LogP contribution in [0.15, 0.2) is 36.4 Å². The van der Waals surface area contributed by atoms with Gasteiger partial charge in [-0.05, 0) is 76.2 Å². The van der Waals surface area contributed by atoms with E-state index in [1.54, 1.807) is 7.11 Å². The Morgan fingerprint density at radius 3 is 2.48 bits per heavy atom. The number of anilines is 1. The number of halogens is 1. The summed E-state index contributed by atoms with van der Waals surface area (Å²) < 4.78 is 5.47. The number of benzene rings is 2. The quantitative estimate of drug-likeness (QED) is 0.431. The van der Waals surface area contributed by atoms with Crippen LogP contribution >= 0.6 is 12.4 Å². The third-order valence-electron chi connectivity index (χ3n) is 5.53. The molecule has 29 heavy (non-hydrogen) atoms. The molecule has 0 saturated heterocycles. The Bertz CT molecular complexity index is 940. The Morgan fingerprint density at radius 1 is 1.03 bits per heavy atom. The minimum Gasteiger partial charge on any atom is -0.497 e. The van der Waals surface area contributed by atoms with Crippen molar-refractivity contribution in [1.82, 2.24) is 9.88 Å². The molecule has 3 aromatic rings. The number of methoxy groups -OCH3 is 1. The molecule has 0 saturated carbocycles. The van der Waals surface area contributed by atoms with Gasteiger partial charge >= 0.3 is 0 Å². The highest BCUT2D eigenvalue weighted by Crippen LogP contribution is 2.34. The van der Waals surface area contributed by atoms with Gasteiger partial charge in [-0.3, -0.25) is 0 Å². The monoisotopic (exact) mass is 415 g/mol. The number of nitrogens with zero attached hydrogens (tertiary/aromatic N) is 2. The molecule has 0 aliphatic heterocycles. The summed E-state index contributed by atoms with van der Waals surface area (Å²) in [5.41, 5.74) is 4.42. The molecule has 0 amide bonds. The van der Waals surface area contributed by atoms with Gasteiger partial charge < -0.3 is 15.0 Å². The second-order valence-corrected chi connectivity index (χ2v) is 7.60. The summed E-state index contributed by atoms with van der Waals surface area (Å²) in [6, 6.07) is 13.0. The standard InChI is InChI=1S/C24H33N3O.ClH/c1-6-27(7-2)14-8-9-18(4)25-24-20-12-10-17(3)15-23(20)26-22-13-11-19(28-5)16-21(22)24;/h10-13,15-16,18H,6-9,14H2,1-5H3,(H,25,26);1H. The minimum atomic E-state index is 0. The van der Waals surface area contributed by atoms with Gasteiger partial charge in [-0.1, -0.05) is 26.0 Å². The van der Waals surface area contributed by atoms with E-state index in [0.29, 0.717) is 6.04 Å². The Kier molecular flexibility index (Phi) is 8.54. The van der Waals surface area contributed by atoms with E-state index in [2.05, 4.69) is 62.2 Å². The van der Waals surface area contributed by atoms with E-state index < -0.39 is 0 Å². The van der Waals surface area contributed by atoms with Crippen LogP contribution in [-0.4, -0.2) is 42.7 Å². The number of aryl methyl sites for hydroxylation is 1. The van der Waals surface area contributed by atoms with E-state index in [0.717, 1.165) is 53.9 Å². The Balaban J connectivity index is 0.00000300. The molecule has 2 aromatic carbocycles. The molecule has 1 unspecified atom stereocenters. The normalized spacial score (nSPS) is 12.2. The number of aromatic nitrogens is 1. The Hall–Kier alpha value is -2.04. The summed E-state index contributed by atoms with van der Waals surface area (Å²) in [6.07, 6.45) is 2.33. The fourth-order valence-electron chi connectivity index (χ4n) is 3.80. The maximum absolute atomic E-state index is 5.47. The lowest BCUT2D eigenvalue weighted by Gasteiger charge is -2.22. The van der Waals surface area contributed by atoms with Gasteiger partial charge in [0.05, 0.1) is 23.8 Å². The molecule has 0 bridgehead atoms. The van der Waals surface area contributed by atoms with Crippen LogP contribution in [0.5, 0.6) is 5.75 Å². The van der Waals surface area contributed by atoms with Crippen molar-refractivity contribution < 1.29 is 4.74 Å². The van der Waals surface area contributed by atoms with E-state index >= 15 is 0 Å². The topological polar surface area (TPSA) is 37.4 Å². The van der Waals surface area contributed by atoms with Gasteiger partial charge in [-0.25, -0.2) is 4.98 Å². The van der Waals surface area contributed by atoms with Gasteiger partial charge in [0.1, 0.15) is 5.75 Å². The predicted octanol–water partition coefficient (Wildman–Crippen LogP) is 6.05. The largest absolute Gasteiger partial charge is 0.497 e. The van der Waals surface area contributed by atoms with E-state index in [1.165, 1.54) is 17.4 Å². The van der Waals surface area contributed by atoms with Crippen LogP contribution in [0, 0.1) is 6.92 Å². The first kappa shape index (κ1) is 23.2. The summed E-state index contributed by atoms with van der Waals surface area (Å²) in [5, 5.41) is 6.08. The zero-order valence-electron chi connectivity index (χ0n) is 18.3. The summed E-state index contributed by atoms with van der Waals surface area (Å²) in [7, 11) is 1.71. The van der Waals surface area contributed by atoms with Gasteiger partial charge in [-0.2, -0.15) is 0 Å². The molecule has 158 valence electrons. The Morgan fingerprint density at radius 2 is 1.79 bits per heavy atom. The summed E-state index contributed by atoms with van der Waals surface area (Å²) in [6.45, 7) is 12.3. The molecule has 1 N–H and O–H groups in total. The lowest BCUT2D eigenvalue weighted by Crippen LogP contribution is -2.25. The number of rotatable bonds is 9. The van der Waals surface area contributed by atoms with Crippen molar-refractivity contribution in [1.29, 1.82) is 0 Å².